The second-order valence-corrected chi connectivity index (χ2v) is 12.3. The van der Waals surface area contributed by atoms with E-state index in [2.05, 4.69) is 10.6 Å². The summed E-state index contributed by atoms with van der Waals surface area (Å²) < 4.78 is 22.9. The number of hydrogen-bond acceptors (Lipinski definition) is 8. The molecule has 3 aromatic carbocycles. The number of alkyl carbamates (subject to hydrolysis) is 1. The van der Waals surface area contributed by atoms with Gasteiger partial charge in [-0.3, -0.25) is 4.79 Å². The van der Waals surface area contributed by atoms with Gasteiger partial charge in [0, 0.05) is 17.3 Å². The van der Waals surface area contributed by atoms with Crippen molar-refractivity contribution in [3.05, 3.63) is 94.5 Å². The number of rotatable bonds is 13. The quantitative estimate of drug-likeness (QED) is 0.206. The first kappa shape index (κ1) is 33.2. The van der Waals surface area contributed by atoms with Gasteiger partial charge < -0.3 is 40.4 Å². The third-order valence-electron chi connectivity index (χ3n) is 8.83. The van der Waals surface area contributed by atoms with Crippen LogP contribution in [0.1, 0.15) is 40.7 Å². The molecule has 5 rings (SSSR count). The average molecular weight is 632 g/mol. The highest BCUT2D eigenvalue weighted by Crippen LogP contribution is 2.33. The molecule has 10 heteroatoms. The van der Waals surface area contributed by atoms with Gasteiger partial charge in [0.05, 0.1) is 31.3 Å². The predicted molar refractivity (Wildman–Crippen MR) is 174 cm³/mol. The lowest BCUT2D eigenvalue weighted by Crippen LogP contribution is -2.50. The van der Waals surface area contributed by atoms with Gasteiger partial charge in [-0.05, 0) is 68.7 Å². The number of amides is 2. The van der Waals surface area contributed by atoms with E-state index in [-0.39, 0.29) is 37.7 Å². The molecule has 0 radical (unpaired) electrons. The maximum Gasteiger partial charge on any atom is 0.407 e. The molecule has 2 aliphatic heterocycles. The van der Waals surface area contributed by atoms with Crippen molar-refractivity contribution in [2.75, 3.05) is 25.6 Å². The number of aliphatic hydroxyl groups is 1. The van der Waals surface area contributed by atoms with Gasteiger partial charge in [0.15, 0.2) is 12.9 Å². The number of benzene rings is 3. The van der Waals surface area contributed by atoms with Gasteiger partial charge in [-0.15, -0.1) is 0 Å². The Morgan fingerprint density at radius 1 is 0.957 bits per heavy atom. The van der Waals surface area contributed by atoms with Crippen LogP contribution in [0.4, 0.5) is 10.5 Å². The summed E-state index contributed by atoms with van der Waals surface area (Å²) in [6, 6.07) is 20.2. The van der Waals surface area contributed by atoms with Crippen molar-refractivity contribution in [1.82, 2.24) is 10.6 Å². The molecular weight excluding hydrogens is 586 g/mol. The van der Waals surface area contributed by atoms with E-state index in [4.69, 9.17) is 24.7 Å². The molecule has 0 unspecified atom stereocenters. The molecule has 2 amide bonds. The maximum atomic E-state index is 13.2. The number of fused-ring (bicyclic) bond motifs is 1. The molecule has 10 nitrogen and oxygen atoms in total. The molecule has 2 aliphatic rings. The molecule has 2 heterocycles. The topological polar surface area (TPSA) is 141 Å². The van der Waals surface area contributed by atoms with E-state index in [1.54, 1.807) is 0 Å². The molecule has 2 saturated heterocycles. The zero-order valence-electron chi connectivity index (χ0n) is 26.7. The number of nitrogen functional groups attached to an aromatic ring is 1. The molecule has 2 fully saturated rings. The van der Waals surface area contributed by atoms with Crippen molar-refractivity contribution < 1.29 is 33.6 Å². The fourth-order valence-electron chi connectivity index (χ4n) is 6.38. The maximum absolute atomic E-state index is 13.2. The first-order chi connectivity index (χ1) is 22.2. The lowest BCUT2D eigenvalue weighted by atomic mass is 9.93. The molecular formula is C36H45N3O7. The SMILES string of the molecule is Cc1cc(C)c(OCC(=O)N[C@@H](Cc2ccccc2)C[C@H](O)[C@H](Cc2ccccc2)NC(=O)O[C@H]2CO[C@H]3OCC[C@H]32)c(C)c1N. The lowest BCUT2D eigenvalue weighted by Gasteiger charge is -2.29. The number of aliphatic hydroxyl groups excluding tert-OH is 1. The summed E-state index contributed by atoms with van der Waals surface area (Å²) in [6.07, 6.45) is -0.596. The number of ether oxygens (including phenoxy) is 4. The number of anilines is 1. The minimum absolute atomic E-state index is 0.000133. The Morgan fingerprint density at radius 2 is 1.63 bits per heavy atom. The normalized spacial score (nSPS) is 20.7. The van der Waals surface area contributed by atoms with Crippen LogP contribution in [0.15, 0.2) is 66.7 Å². The van der Waals surface area contributed by atoms with Gasteiger partial charge in [-0.1, -0.05) is 66.7 Å². The summed E-state index contributed by atoms with van der Waals surface area (Å²) in [5, 5.41) is 17.6. The molecule has 0 aromatic heterocycles. The van der Waals surface area contributed by atoms with Gasteiger partial charge in [0.2, 0.25) is 0 Å². The Kier molecular flexibility index (Phi) is 11.2. The second kappa shape index (κ2) is 15.4. The first-order valence-electron chi connectivity index (χ1n) is 15.9. The molecule has 0 spiro atoms. The fraction of sp³-hybridized carbons (Fsp3) is 0.444. The number of nitrogens with one attached hydrogen (secondary N) is 2. The van der Waals surface area contributed by atoms with E-state index in [0.29, 0.717) is 30.9 Å². The number of carbonyl (C=O) groups is 2. The van der Waals surface area contributed by atoms with Crippen molar-refractivity contribution in [3.8, 4) is 5.75 Å². The molecule has 3 aromatic rings. The average Bonchev–Trinajstić information content (AvgIpc) is 3.66. The van der Waals surface area contributed by atoms with Crippen molar-refractivity contribution in [2.45, 2.75) is 77.0 Å². The van der Waals surface area contributed by atoms with Gasteiger partial charge in [0.1, 0.15) is 11.9 Å². The van der Waals surface area contributed by atoms with Crippen LogP contribution in [0.3, 0.4) is 0 Å². The van der Waals surface area contributed by atoms with Crippen LogP contribution in [0.5, 0.6) is 5.75 Å². The van der Waals surface area contributed by atoms with E-state index < -0.39 is 30.4 Å². The zero-order chi connectivity index (χ0) is 32.6. The Balaban J connectivity index is 1.27. The van der Waals surface area contributed by atoms with E-state index in [1.807, 2.05) is 87.5 Å². The van der Waals surface area contributed by atoms with Crippen molar-refractivity contribution in [3.63, 3.8) is 0 Å². The number of aryl methyl sites for hydroxylation is 2. The van der Waals surface area contributed by atoms with Gasteiger partial charge in [0.25, 0.3) is 5.91 Å². The molecule has 0 saturated carbocycles. The van der Waals surface area contributed by atoms with E-state index >= 15 is 0 Å². The van der Waals surface area contributed by atoms with Gasteiger partial charge in [-0.2, -0.15) is 0 Å². The number of nitrogens with two attached hydrogens (primary N) is 1. The minimum atomic E-state index is -1.01. The lowest BCUT2D eigenvalue weighted by molar-refractivity contribution is -0.124. The van der Waals surface area contributed by atoms with Crippen LogP contribution < -0.4 is 21.1 Å². The number of carbonyl (C=O) groups excluding carboxylic acids is 2. The Morgan fingerprint density at radius 3 is 2.33 bits per heavy atom. The largest absolute Gasteiger partial charge is 0.483 e. The second-order valence-electron chi connectivity index (χ2n) is 12.3. The zero-order valence-corrected chi connectivity index (χ0v) is 26.7. The van der Waals surface area contributed by atoms with E-state index in [9.17, 15) is 14.7 Å². The highest BCUT2D eigenvalue weighted by molar-refractivity contribution is 5.78. The third kappa shape index (κ3) is 8.57. The molecule has 0 aliphatic carbocycles. The minimum Gasteiger partial charge on any atom is -0.483 e. The molecule has 5 N–H and O–H groups in total. The van der Waals surface area contributed by atoms with Crippen LogP contribution >= 0.6 is 0 Å². The smallest absolute Gasteiger partial charge is 0.407 e. The molecule has 246 valence electrons. The summed E-state index contributed by atoms with van der Waals surface area (Å²) in [5.41, 5.74) is 11.4. The first-order valence-corrected chi connectivity index (χ1v) is 15.9. The Labute approximate surface area is 270 Å². The summed E-state index contributed by atoms with van der Waals surface area (Å²) in [6.45, 7) is 6.38. The van der Waals surface area contributed by atoms with Crippen LogP contribution in [0, 0.1) is 26.7 Å². The predicted octanol–water partition coefficient (Wildman–Crippen LogP) is 4.15. The summed E-state index contributed by atoms with van der Waals surface area (Å²) >= 11 is 0. The third-order valence-corrected chi connectivity index (χ3v) is 8.83. The van der Waals surface area contributed by atoms with Crippen molar-refractivity contribution in [2.24, 2.45) is 5.92 Å². The Hall–Kier alpha value is -4.12. The molecule has 0 bridgehead atoms. The standard InChI is InChI=1S/C36H45N3O7/c1-22-16-23(2)34(24(3)33(22)37)44-21-32(41)38-27(17-25-10-6-4-7-11-25)19-30(40)29(18-26-12-8-5-9-13-26)39-36(42)46-31-20-45-35-28(31)14-15-43-35/h4-13,16,27-31,35,40H,14-15,17-21,37H2,1-3H3,(H,38,41)(H,39,42)/t27-,28-,29-,30-,31-,35+/m0/s1. The Bertz CT molecular complexity index is 1470. The molecule has 6 atom stereocenters. The summed E-state index contributed by atoms with van der Waals surface area (Å²) in [5.74, 6) is 0.263. The van der Waals surface area contributed by atoms with Crippen LogP contribution in [-0.2, 0) is 31.8 Å². The van der Waals surface area contributed by atoms with Crippen LogP contribution in [0.2, 0.25) is 0 Å². The number of hydrogen-bond donors (Lipinski definition) is 4. The summed E-state index contributed by atoms with van der Waals surface area (Å²) in [4.78, 5) is 26.4. The van der Waals surface area contributed by atoms with Gasteiger partial charge in [-0.25, -0.2) is 4.79 Å². The highest BCUT2D eigenvalue weighted by Gasteiger charge is 2.44. The monoisotopic (exact) mass is 631 g/mol. The van der Waals surface area contributed by atoms with Crippen LogP contribution in [0.25, 0.3) is 0 Å². The van der Waals surface area contributed by atoms with Gasteiger partial charge >= 0.3 is 6.09 Å². The van der Waals surface area contributed by atoms with E-state index in [1.165, 1.54) is 0 Å². The molecule has 46 heavy (non-hydrogen) atoms. The highest BCUT2D eigenvalue weighted by atomic mass is 16.7. The van der Waals surface area contributed by atoms with E-state index in [0.717, 1.165) is 34.2 Å². The summed E-state index contributed by atoms with van der Waals surface area (Å²) in [7, 11) is 0. The van der Waals surface area contributed by atoms with Crippen LogP contribution in [-0.4, -0.2) is 67.5 Å². The van der Waals surface area contributed by atoms with Crippen molar-refractivity contribution in [1.29, 1.82) is 0 Å². The van der Waals surface area contributed by atoms with Crippen molar-refractivity contribution >= 4 is 17.7 Å². The fourth-order valence-corrected chi connectivity index (χ4v) is 6.38.